The second-order valence-electron chi connectivity index (χ2n) is 6.58. The van der Waals surface area contributed by atoms with Gasteiger partial charge in [-0.25, -0.2) is 4.98 Å². The Hall–Kier alpha value is -2.34. The number of fused-ring (bicyclic) bond motifs is 1. The van der Waals surface area contributed by atoms with E-state index in [-0.39, 0.29) is 5.91 Å². The van der Waals surface area contributed by atoms with Crippen LogP contribution >= 0.6 is 34.7 Å². The Morgan fingerprint density at radius 2 is 1.72 bits per heavy atom. The fraction of sp³-hybridized carbons (Fsp3) is 0.130. The number of benzene rings is 3. The van der Waals surface area contributed by atoms with Crippen LogP contribution in [-0.4, -0.2) is 16.6 Å². The Morgan fingerprint density at radius 1 is 1.03 bits per heavy atom. The van der Waals surface area contributed by atoms with Gasteiger partial charge in [0, 0.05) is 9.92 Å². The predicted molar refractivity (Wildman–Crippen MR) is 124 cm³/mol. The average molecular weight is 439 g/mol. The van der Waals surface area contributed by atoms with Gasteiger partial charge in [0.05, 0.1) is 22.5 Å². The molecule has 6 heteroatoms. The maximum absolute atomic E-state index is 13.2. The second kappa shape index (κ2) is 8.99. The molecule has 0 fully saturated rings. The van der Waals surface area contributed by atoms with Crippen molar-refractivity contribution in [2.75, 3.05) is 10.7 Å². The molecule has 0 aliphatic rings. The van der Waals surface area contributed by atoms with Crippen molar-refractivity contribution in [3.63, 3.8) is 0 Å². The van der Waals surface area contributed by atoms with Gasteiger partial charge in [-0.3, -0.25) is 9.69 Å². The summed E-state index contributed by atoms with van der Waals surface area (Å²) in [5, 5.41) is 1.39. The lowest BCUT2D eigenvalue weighted by Gasteiger charge is -2.20. The van der Waals surface area contributed by atoms with Crippen LogP contribution in [0.1, 0.15) is 11.1 Å². The summed E-state index contributed by atoms with van der Waals surface area (Å²) in [7, 11) is 0. The van der Waals surface area contributed by atoms with E-state index in [1.807, 2.05) is 79.7 Å². The lowest BCUT2D eigenvalue weighted by molar-refractivity contribution is -0.116. The first-order valence-corrected chi connectivity index (χ1v) is 11.4. The van der Waals surface area contributed by atoms with E-state index in [2.05, 4.69) is 0 Å². The summed E-state index contributed by atoms with van der Waals surface area (Å²) >= 11 is 9.33. The average Bonchev–Trinajstić information content (AvgIpc) is 3.19. The zero-order valence-electron chi connectivity index (χ0n) is 15.8. The number of thiazole rings is 1. The molecule has 0 bridgehead atoms. The van der Waals surface area contributed by atoms with Crippen LogP contribution in [0.25, 0.3) is 10.2 Å². The number of hydrogen-bond acceptors (Lipinski definition) is 4. The molecule has 1 amide bonds. The predicted octanol–water partition coefficient (Wildman–Crippen LogP) is 6.58. The topological polar surface area (TPSA) is 33.2 Å². The highest BCUT2D eigenvalue weighted by Crippen LogP contribution is 2.34. The SMILES string of the molecule is Cc1c(Cl)ccc2sc(N(Cc3ccccc3)C(=O)CSc3ccccc3)nc12. The molecule has 0 atom stereocenters. The number of amides is 1. The number of anilines is 1. The van der Waals surface area contributed by atoms with Crippen molar-refractivity contribution in [2.45, 2.75) is 18.4 Å². The molecular formula is C23H19ClN2OS2. The molecular weight excluding hydrogens is 420 g/mol. The third-order valence-electron chi connectivity index (χ3n) is 4.56. The molecule has 146 valence electrons. The minimum atomic E-state index is 0.0329. The zero-order chi connectivity index (χ0) is 20.2. The Kier molecular flexibility index (Phi) is 6.19. The van der Waals surface area contributed by atoms with Crippen molar-refractivity contribution in [3.8, 4) is 0 Å². The lowest BCUT2D eigenvalue weighted by atomic mass is 10.2. The molecule has 4 rings (SSSR count). The first kappa shape index (κ1) is 20.0. The molecule has 0 aliphatic carbocycles. The molecule has 0 N–H and O–H groups in total. The third kappa shape index (κ3) is 4.64. The van der Waals surface area contributed by atoms with Crippen molar-refractivity contribution < 1.29 is 4.79 Å². The van der Waals surface area contributed by atoms with Crippen LogP contribution in [-0.2, 0) is 11.3 Å². The molecule has 0 aliphatic heterocycles. The minimum Gasteiger partial charge on any atom is -0.283 e. The number of halogens is 1. The molecule has 3 nitrogen and oxygen atoms in total. The first-order valence-electron chi connectivity index (χ1n) is 9.19. The van der Waals surface area contributed by atoms with Crippen molar-refractivity contribution in [3.05, 3.63) is 88.9 Å². The van der Waals surface area contributed by atoms with Crippen LogP contribution < -0.4 is 4.90 Å². The normalized spacial score (nSPS) is 11.0. The summed E-state index contributed by atoms with van der Waals surface area (Å²) in [6.07, 6.45) is 0. The Bertz CT molecular complexity index is 1130. The van der Waals surface area contributed by atoms with E-state index in [1.54, 1.807) is 4.90 Å². The molecule has 29 heavy (non-hydrogen) atoms. The highest BCUT2D eigenvalue weighted by molar-refractivity contribution is 8.00. The molecule has 4 aromatic rings. The molecule has 0 saturated carbocycles. The van der Waals surface area contributed by atoms with Gasteiger partial charge >= 0.3 is 0 Å². The number of carbonyl (C=O) groups excluding carboxylic acids is 1. The Morgan fingerprint density at radius 3 is 2.45 bits per heavy atom. The monoisotopic (exact) mass is 438 g/mol. The maximum atomic E-state index is 13.2. The van der Waals surface area contributed by atoms with Crippen LogP contribution in [0.5, 0.6) is 0 Å². The van der Waals surface area contributed by atoms with Gasteiger partial charge in [0.15, 0.2) is 5.13 Å². The molecule has 3 aromatic carbocycles. The highest BCUT2D eigenvalue weighted by atomic mass is 35.5. The van der Waals surface area contributed by atoms with Crippen LogP contribution in [0.4, 0.5) is 5.13 Å². The summed E-state index contributed by atoms with van der Waals surface area (Å²) in [5.74, 6) is 0.387. The van der Waals surface area contributed by atoms with Gasteiger partial charge in [0.1, 0.15) is 0 Å². The highest BCUT2D eigenvalue weighted by Gasteiger charge is 2.21. The van der Waals surface area contributed by atoms with E-state index < -0.39 is 0 Å². The fourth-order valence-electron chi connectivity index (χ4n) is 2.97. The second-order valence-corrected chi connectivity index (χ2v) is 9.05. The number of rotatable bonds is 6. The molecule has 0 unspecified atom stereocenters. The van der Waals surface area contributed by atoms with Crippen LogP contribution in [0, 0.1) is 6.92 Å². The maximum Gasteiger partial charge on any atom is 0.239 e. The molecule has 0 saturated heterocycles. The minimum absolute atomic E-state index is 0.0329. The van der Waals surface area contributed by atoms with Gasteiger partial charge in [0.2, 0.25) is 5.91 Å². The largest absolute Gasteiger partial charge is 0.283 e. The number of carbonyl (C=O) groups is 1. The number of nitrogens with zero attached hydrogens (tertiary/aromatic N) is 2. The third-order valence-corrected chi connectivity index (χ3v) is 7.01. The van der Waals surface area contributed by atoms with Crippen molar-refractivity contribution in [1.29, 1.82) is 0 Å². The first-order chi connectivity index (χ1) is 14.1. The van der Waals surface area contributed by atoms with Gasteiger partial charge < -0.3 is 0 Å². The van der Waals surface area contributed by atoms with Gasteiger partial charge in [0.25, 0.3) is 0 Å². The zero-order valence-corrected chi connectivity index (χ0v) is 18.2. The van der Waals surface area contributed by atoms with Crippen molar-refractivity contribution in [1.82, 2.24) is 4.98 Å². The van der Waals surface area contributed by atoms with Gasteiger partial charge in [-0.15, -0.1) is 11.8 Å². The molecule has 1 heterocycles. The van der Waals surface area contributed by atoms with Crippen LogP contribution in [0.15, 0.2) is 77.7 Å². The number of aromatic nitrogens is 1. The quantitative estimate of drug-likeness (QED) is 0.318. The number of hydrogen-bond donors (Lipinski definition) is 0. The summed E-state index contributed by atoms with van der Waals surface area (Å²) in [4.78, 5) is 20.8. The van der Waals surface area contributed by atoms with Crippen molar-refractivity contribution >= 4 is 56.0 Å². The van der Waals surface area contributed by atoms with Gasteiger partial charge in [-0.05, 0) is 42.3 Å². The van der Waals surface area contributed by atoms with E-state index in [9.17, 15) is 4.79 Å². The van der Waals surface area contributed by atoms with Gasteiger partial charge in [-0.1, -0.05) is 71.5 Å². The van der Waals surface area contributed by atoms with Crippen LogP contribution in [0.3, 0.4) is 0 Å². The van der Waals surface area contributed by atoms with Crippen molar-refractivity contribution in [2.24, 2.45) is 0 Å². The summed E-state index contributed by atoms with van der Waals surface area (Å²) in [6.45, 7) is 2.45. The lowest BCUT2D eigenvalue weighted by Crippen LogP contribution is -2.31. The fourth-order valence-corrected chi connectivity index (χ4v) is 4.96. The molecule has 0 radical (unpaired) electrons. The summed E-state index contributed by atoms with van der Waals surface area (Å²) in [6, 6.07) is 23.8. The number of thioether (sulfide) groups is 1. The smallest absolute Gasteiger partial charge is 0.239 e. The van der Waals surface area contributed by atoms with E-state index in [0.717, 1.165) is 26.2 Å². The molecule has 0 spiro atoms. The van der Waals surface area contributed by atoms with E-state index in [0.29, 0.717) is 22.5 Å². The Labute approximate surface area is 183 Å². The molecule has 1 aromatic heterocycles. The van der Waals surface area contributed by atoms with Crippen LogP contribution in [0.2, 0.25) is 5.02 Å². The summed E-state index contributed by atoms with van der Waals surface area (Å²) < 4.78 is 1.03. The van der Waals surface area contributed by atoms with E-state index in [4.69, 9.17) is 16.6 Å². The van der Waals surface area contributed by atoms with E-state index in [1.165, 1.54) is 23.1 Å². The van der Waals surface area contributed by atoms with E-state index >= 15 is 0 Å². The number of aryl methyl sites for hydroxylation is 1. The standard InChI is InChI=1S/C23H19ClN2OS2/c1-16-19(24)12-13-20-22(16)25-23(29-20)26(14-17-8-4-2-5-9-17)21(27)15-28-18-10-6-3-7-11-18/h2-13H,14-15H2,1H3. The Balaban J connectivity index is 1.64. The summed E-state index contributed by atoms with van der Waals surface area (Å²) in [5.41, 5.74) is 2.87. The van der Waals surface area contributed by atoms with Gasteiger partial charge in [-0.2, -0.15) is 0 Å².